The molecule has 0 atom stereocenters. The van der Waals surface area contributed by atoms with Gasteiger partial charge in [0.1, 0.15) is 10.9 Å². The lowest BCUT2D eigenvalue weighted by Crippen LogP contribution is -1.90. The molecule has 2 rings (SSSR count). The quantitative estimate of drug-likeness (QED) is 0.820. The lowest BCUT2D eigenvalue weighted by molar-refractivity contribution is 1.16. The van der Waals surface area contributed by atoms with E-state index in [0.29, 0.717) is 10.6 Å². The normalized spacial score (nSPS) is 10.3. The number of nitrogens with zero attached hydrogens (tertiary/aromatic N) is 1. The molecule has 0 aromatic carbocycles. The van der Waals surface area contributed by atoms with Crippen LogP contribution < -0.4 is 5.73 Å². The van der Waals surface area contributed by atoms with Gasteiger partial charge in [-0.25, -0.2) is 0 Å². The van der Waals surface area contributed by atoms with Crippen molar-refractivity contribution in [2.24, 2.45) is 0 Å². The van der Waals surface area contributed by atoms with E-state index >= 15 is 0 Å². The Hall–Kier alpha value is -0.580. The van der Waals surface area contributed by atoms with E-state index in [0.717, 1.165) is 16.9 Å². The van der Waals surface area contributed by atoms with E-state index < -0.39 is 0 Å². The van der Waals surface area contributed by atoms with Crippen molar-refractivity contribution in [2.75, 3.05) is 5.73 Å². The largest absolute Gasteiger partial charge is 0.397 e. The number of nitrogens with two attached hydrogens (primary N) is 1. The molecule has 2 heterocycles. The van der Waals surface area contributed by atoms with Gasteiger partial charge in [-0.2, -0.15) is 5.26 Å². The van der Waals surface area contributed by atoms with Crippen molar-refractivity contribution in [2.45, 2.75) is 13.3 Å². The van der Waals surface area contributed by atoms with Gasteiger partial charge in [-0.05, 0) is 40.6 Å². The van der Waals surface area contributed by atoms with Crippen LogP contribution in [0.5, 0.6) is 0 Å². The highest BCUT2D eigenvalue weighted by atomic mass is 127. The van der Waals surface area contributed by atoms with Crippen LogP contribution in [0.4, 0.5) is 5.69 Å². The molecule has 82 valence electrons. The van der Waals surface area contributed by atoms with Crippen LogP contribution in [-0.2, 0) is 6.42 Å². The minimum atomic E-state index is 0.632. The lowest BCUT2D eigenvalue weighted by atomic mass is 10.1. The molecule has 2 aromatic heterocycles. The van der Waals surface area contributed by atoms with Crippen molar-refractivity contribution in [1.82, 2.24) is 0 Å². The fourth-order valence-corrected chi connectivity index (χ4v) is 4.08. The summed E-state index contributed by atoms with van der Waals surface area (Å²) in [6, 6.07) is 4.30. The summed E-state index contributed by atoms with van der Waals surface area (Å²) in [5, 5.41) is 11.1. The van der Waals surface area contributed by atoms with Crippen LogP contribution in [0, 0.1) is 14.2 Å². The molecule has 0 bridgehead atoms. The third kappa shape index (κ3) is 1.97. The van der Waals surface area contributed by atoms with Gasteiger partial charge < -0.3 is 5.73 Å². The second-order valence-corrected chi connectivity index (χ2v) is 7.08. The number of thiophene rings is 2. The molecule has 0 spiro atoms. The maximum absolute atomic E-state index is 8.99. The van der Waals surface area contributed by atoms with Crippen LogP contribution in [0.2, 0.25) is 0 Å². The summed E-state index contributed by atoms with van der Waals surface area (Å²) in [4.78, 5) is 1.78. The van der Waals surface area contributed by atoms with Gasteiger partial charge in [-0.15, -0.1) is 22.7 Å². The topological polar surface area (TPSA) is 49.8 Å². The highest BCUT2D eigenvalue weighted by Gasteiger charge is 2.16. The van der Waals surface area contributed by atoms with E-state index in [1.165, 1.54) is 19.8 Å². The molecule has 2 N–H and O–H groups in total. The molecule has 0 fully saturated rings. The first kappa shape index (κ1) is 11.9. The Kier molecular flexibility index (Phi) is 3.52. The molecule has 0 unspecified atom stereocenters. The Bertz CT molecular complexity index is 563. The molecule has 0 aliphatic rings. The van der Waals surface area contributed by atoms with Crippen molar-refractivity contribution in [3.05, 3.63) is 24.8 Å². The predicted octanol–water partition coefficient (Wildman–Crippen LogP) is 4.10. The third-order valence-electron chi connectivity index (χ3n) is 2.33. The zero-order valence-corrected chi connectivity index (χ0v) is 12.4. The molecule has 0 radical (unpaired) electrons. The highest BCUT2D eigenvalue weighted by molar-refractivity contribution is 14.1. The molecule has 16 heavy (non-hydrogen) atoms. The third-order valence-corrected chi connectivity index (χ3v) is 5.32. The predicted molar refractivity (Wildman–Crippen MR) is 78.9 cm³/mol. The highest BCUT2D eigenvalue weighted by Crippen LogP contribution is 2.40. The maximum Gasteiger partial charge on any atom is 0.128 e. The van der Waals surface area contributed by atoms with Gasteiger partial charge in [0.2, 0.25) is 0 Å². The maximum atomic E-state index is 8.99. The van der Waals surface area contributed by atoms with Crippen molar-refractivity contribution < 1.29 is 0 Å². The summed E-state index contributed by atoms with van der Waals surface area (Å²) >= 11 is 5.51. The molecule has 0 amide bonds. The van der Waals surface area contributed by atoms with E-state index in [4.69, 9.17) is 11.0 Å². The summed E-state index contributed by atoms with van der Waals surface area (Å²) in [6.45, 7) is 2.07. The number of nitriles is 1. The number of anilines is 1. The molecular formula is C11H9IN2S2. The number of hydrogen-bond acceptors (Lipinski definition) is 4. The Labute approximate surface area is 116 Å². The van der Waals surface area contributed by atoms with E-state index in [2.05, 4.69) is 47.0 Å². The van der Waals surface area contributed by atoms with Gasteiger partial charge in [0.05, 0.1) is 8.57 Å². The molecule has 0 aliphatic carbocycles. The summed E-state index contributed by atoms with van der Waals surface area (Å²) in [5.41, 5.74) is 8.91. The van der Waals surface area contributed by atoms with Crippen molar-refractivity contribution in [3.63, 3.8) is 0 Å². The fourth-order valence-electron chi connectivity index (χ4n) is 1.57. The first-order valence-corrected chi connectivity index (χ1v) is 7.50. The number of hydrogen-bond donors (Lipinski definition) is 1. The minimum Gasteiger partial charge on any atom is -0.397 e. The second kappa shape index (κ2) is 4.73. The van der Waals surface area contributed by atoms with Gasteiger partial charge in [-0.3, -0.25) is 0 Å². The van der Waals surface area contributed by atoms with Crippen LogP contribution in [0.3, 0.4) is 0 Å². The molecule has 2 nitrogen and oxygen atoms in total. The van der Waals surface area contributed by atoms with Gasteiger partial charge in [0, 0.05) is 15.8 Å². The van der Waals surface area contributed by atoms with Crippen molar-refractivity contribution >= 4 is 51.0 Å². The smallest absolute Gasteiger partial charge is 0.128 e. The van der Waals surface area contributed by atoms with E-state index in [1.807, 2.05) is 0 Å². The van der Waals surface area contributed by atoms with Crippen LogP contribution in [0.15, 0.2) is 11.4 Å². The monoisotopic (exact) mass is 360 g/mol. The standard InChI is InChI=1S/C11H9IN2S2/c1-2-7-10(14)8(4-13)16-11(7)6-3-9(12)15-5-6/h3,5H,2,14H2,1H3. The fraction of sp³-hybridized carbons (Fsp3) is 0.182. The summed E-state index contributed by atoms with van der Waals surface area (Å²) in [6.07, 6.45) is 0.867. The average Bonchev–Trinajstić information content (AvgIpc) is 2.82. The van der Waals surface area contributed by atoms with Gasteiger partial charge in [0.25, 0.3) is 0 Å². The molecule has 0 saturated heterocycles. The molecule has 0 saturated carbocycles. The van der Waals surface area contributed by atoms with E-state index in [9.17, 15) is 0 Å². The van der Waals surface area contributed by atoms with Gasteiger partial charge >= 0.3 is 0 Å². The summed E-state index contributed by atoms with van der Waals surface area (Å²) in [7, 11) is 0. The van der Waals surface area contributed by atoms with Crippen molar-refractivity contribution in [1.29, 1.82) is 5.26 Å². The zero-order chi connectivity index (χ0) is 11.7. The average molecular weight is 360 g/mol. The first-order valence-electron chi connectivity index (χ1n) is 4.73. The second-order valence-electron chi connectivity index (χ2n) is 3.26. The number of halogens is 1. The van der Waals surface area contributed by atoms with E-state index in [-0.39, 0.29) is 0 Å². The lowest BCUT2D eigenvalue weighted by Gasteiger charge is -1.98. The van der Waals surface area contributed by atoms with Crippen LogP contribution in [0.1, 0.15) is 17.4 Å². The Morgan fingerprint density at radius 2 is 2.31 bits per heavy atom. The van der Waals surface area contributed by atoms with Crippen LogP contribution in [0.25, 0.3) is 10.4 Å². The van der Waals surface area contributed by atoms with Crippen LogP contribution in [-0.4, -0.2) is 0 Å². The zero-order valence-electron chi connectivity index (χ0n) is 8.58. The molecule has 2 aromatic rings. The van der Waals surface area contributed by atoms with Crippen molar-refractivity contribution in [3.8, 4) is 16.5 Å². The summed E-state index contributed by atoms with van der Waals surface area (Å²) in [5.74, 6) is 0. The van der Waals surface area contributed by atoms with Crippen LogP contribution >= 0.6 is 45.3 Å². The Morgan fingerprint density at radius 1 is 1.56 bits per heavy atom. The Morgan fingerprint density at radius 3 is 2.81 bits per heavy atom. The Balaban J connectivity index is 2.61. The van der Waals surface area contributed by atoms with Gasteiger partial charge in [0.15, 0.2) is 0 Å². The number of nitrogen functional groups attached to an aromatic ring is 1. The molecular weight excluding hydrogens is 351 g/mol. The molecule has 0 aliphatic heterocycles. The first-order chi connectivity index (χ1) is 7.67. The number of rotatable bonds is 2. The minimum absolute atomic E-state index is 0.632. The summed E-state index contributed by atoms with van der Waals surface area (Å²) < 4.78 is 1.25. The van der Waals surface area contributed by atoms with Gasteiger partial charge in [-0.1, -0.05) is 6.92 Å². The SMILES string of the molecule is CCc1c(-c2csc(I)c2)sc(C#N)c1N. The molecule has 5 heteroatoms. The van der Waals surface area contributed by atoms with E-state index in [1.54, 1.807) is 11.3 Å².